The van der Waals surface area contributed by atoms with Gasteiger partial charge >= 0.3 is 0 Å². The van der Waals surface area contributed by atoms with Crippen molar-refractivity contribution < 1.29 is 4.79 Å². The average Bonchev–Trinajstić information content (AvgIpc) is 2.85. The number of fused-ring (bicyclic) bond motifs is 2. The molecule has 2 bridgehead atoms. The van der Waals surface area contributed by atoms with E-state index in [1.165, 1.54) is 25.7 Å². The minimum atomic E-state index is 0. The van der Waals surface area contributed by atoms with Crippen LogP contribution < -0.4 is 10.2 Å². The SMILES string of the molecule is CN(C(=O)CN(C)C1CC2CCC(C1)N2)c1ccccc1.Cl. The highest BCUT2D eigenvalue weighted by molar-refractivity contribution is 5.94. The number of hydrogen-bond donors (Lipinski definition) is 1. The zero-order chi connectivity index (χ0) is 14.8. The zero-order valence-electron chi connectivity index (χ0n) is 13.4. The lowest BCUT2D eigenvalue weighted by molar-refractivity contribution is -0.119. The highest BCUT2D eigenvalue weighted by atomic mass is 35.5. The summed E-state index contributed by atoms with van der Waals surface area (Å²) in [4.78, 5) is 16.4. The maximum Gasteiger partial charge on any atom is 0.240 e. The maximum atomic E-state index is 12.4. The molecule has 1 aromatic rings. The molecule has 2 saturated heterocycles. The molecule has 2 aliphatic rings. The Hall–Kier alpha value is -1.10. The van der Waals surface area contributed by atoms with Gasteiger partial charge in [0.2, 0.25) is 5.91 Å². The zero-order valence-corrected chi connectivity index (χ0v) is 14.2. The molecule has 2 fully saturated rings. The van der Waals surface area contributed by atoms with Crippen LogP contribution in [0.5, 0.6) is 0 Å². The summed E-state index contributed by atoms with van der Waals surface area (Å²) in [6, 6.07) is 11.7. The Morgan fingerprint density at radius 2 is 1.73 bits per heavy atom. The summed E-state index contributed by atoms with van der Waals surface area (Å²) in [5.74, 6) is 0.162. The van der Waals surface area contributed by atoms with Crippen LogP contribution in [0.2, 0.25) is 0 Å². The molecule has 1 amide bonds. The van der Waals surface area contributed by atoms with Crippen molar-refractivity contribution in [3.05, 3.63) is 30.3 Å². The van der Waals surface area contributed by atoms with Gasteiger partial charge in [-0.25, -0.2) is 0 Å². The van der Waals surface area contributed by atoms with E-state index < -0.39 is 0 Å². The fraction of sp³-hybridized carbons (Fsp3) is 0.588. The number of nitrogens with zero attached hydrogens (tertiary/aromatic N) is 2. The lowest BCUT2D eigenvalue weighted by Gasteiger charge is -2.35. The molecule has 122 valence electrons. The van der Waals surface area contributed by atoms with Gasteiger partial charge in [0.05, 0.1) is 6.54 Å². The number of carbonyl (C=O) groups is 1. The molecule has 0 spiro atoms. The van der Waals surface area contributed by atoms with E-state index in [1.807, 2.05) is 37.4 Å². The molecule has 0 saturated carbocycles. The van der Waals surface area contributed by atoms with Crippen LogP contribution in [0.15, 0.2) is 30.3 Å². The van der Waals surface area contributed by atoms with Gasteiger partial charge in [-0.15, -0.1) is 12.4 Å². The van der Waals surface area contributed by atoms with Crippen molar-refractivity contribution in [2.75, 3.05) is 25.5 Å². The molecule has 2 atom stereocenters. The van der Waals surface area contributed by atoms with Crippen LogP contribution >= 0.6 is 12.4 Å². The van der Waals surface area contributed by atoms with Crippen molar-refractivity contribution in [2.45, 2.75) is 43.8 Å². The predicted octanol–water partition coefficient (Wildman–Crippen LogP) is 2.29. The topological polar surface area (TPSA) is 35.6 Å². The first-order chi connectivity index (χ1) is 10.1. The largest absolute Gasteiger partial charge is 0.314 e. The van der Waals surface area contributed by atoms with Crippen molar-refractivity contribution in [1.29, 1.82) is 0 Å². The molecule has 22 heavy (non-hydrogen) atoms. The Kier molecular flexibility index (Phi) is 5.84. The highest BCUT2D eigenvalue weighted by Crippen LogP contribution is 2.29. The Morgan fingerprint density at radius 1 is 1.14 bits per heavy atom. The quantitative estimate of drug-likeness (QED) is 0.923. The third-order valence-electron chi connectivity index (χ3n) is 4.97. The highest BCUT2D eigenvalue weighted by Gasteiger charge is 2.35. The summed E-state index contributed by atoms with van der Waals surface area (Å²) in [5, 5.41) is 3.66. The summed E-state index contributed by atoms with van der Waals surface area (Å²) in [5.41, 5.74) is 0.960. The number of para-hydroxylation sites is 1. The van der Waals surface area contributed by atoms with E-state index in [9.17, 15) is 4.79 Å². The van der Waals surface area contributed by atoms with Gasteiger partial charge in [0.25, 0.3) is 0 Å². The number of halogens is 1. The smallest absolute Gasteiger partial charge is 0.240 e. The Morgan fingerprint density at radius 3 is 2.32 bits per heavy atom. The van der Waals surface area contributed by atoms with Crippen LogP contribution in [0.25, 0.3) is 0 Å². The van der Waals surface area contributed by atoms with Crippen LogP contribution in [-0.4, -0.2) is 49.6 Å². The summed E-state index contributed by atoms with van der Waals surface area (Å²) >= 11 is 0. The fourth-order valence-corrected chi connectivity index (χ4v) is 3.63. The first-order valence-electron chi connectivity index (χ1n) is 7.91. The molecule has 4 nitrogen and oxygen atoms in total. The molecule has 0 radical (unpaired) electrons. The summed E-state index contributed by atoms with van der Waals surface area (Å²) in [6.45, 7) is 0.496. The molecule has 3 rings (SSSR count). The molecule has 2 heterocycles. The van der Waals surface area contributed by atoms with Crippen LogP contribution in [0.3, 0.4) is 0 Å². The van der Waals surface area contributed by atoms with E-state index in [0.717, 1.165) is 5.69 Å². The monoisotopic (exact) mass is 323 g/mol. The third-order valence-corrected chi connectivity index (χ3v) is 4.97. The van der Waals surface area contributed by atoms with E-state index >= 15 is 0 Å². The van der Waals surface area contributed by atoms with E-state index in [2.05, 4.69) is 17.3 Å². The van der Waals surface area contributed by atoms with Crippen LogP contribution in [-0.2, 0) is 4.79 Å². The minimum absolute atomic E-state index is 0. The third kappa shape index (κ3) is 3.80. The number of piperidine rings is 1. The fourth-order valence-electron chi connectivity index (χ4n) is 3.63. The van der Waals surface area contributed by atoms with E-state index in [0.29, 0.717) is 24.7 Å². The number of amides is 1. The molecule has 0 aliphatic carbocycles. The summed E-state index contributed by atoms with van der Waals surface area (Å²) < 4.78 is 0. The molecule has 1 N–H and O–H groups in total. The Labute approximate surface area is 139 Å². The lowest BCUT2D eigenvalue weighted by Crippen LogP contribution is -2.49. The van der Waals surface area contributed by atoms with Gasteiger partial charge in [0.15, 0.2) is 0 Å². The number of carbonyl (C=O) groups excluding carboxylic acids is 1. The van der Waals surface area contributed by atoms with Gasteiger partial charge in [0.1, 0.15) is 0 Å². The van der Waals surface area contributed by atoms with E-state index in [4.69, 9.17) is 0 Å². The number of likely N-dealkylation sites (N-methyl/N-ethyl adjacent to an activating group) is 2. The predicted molar refractivity (Wildman–Crippen MR) is 92.7 cm³/mol. The molecular formula is C17H26ClN3O. The second-order valence-electron chi connectivity index (χ2n) is 6.47. The summed E-state index contributed by atoms with van der Waals surface area (Å²) in [7, 11) is 3.95. The second kappa shape index (κ2) is 7.44. The number of nitrogens with one attached hydrogen (secondary N) is 1. The Balaban J connectivity index is 0.00000176. The molecule has 2 aliphatic heterocycles. The van der Waals surface area contributed by atoms with Gasteiger partial charge in [-0.3, -0.25) is 9.69 Å². The minimum Gasteiger partial charge on any atom is -0.314 e. The van der Waals surface area contributed by atoms with E-state index in [-0.39, 0.29) is 18.3 Å². The first-order valence-corrected chi connectivity index (χ1v) is 7.91. The van der Waals surface area contributed by atoms with Gasteiger partial charge < -0.3 is 10.2 Å². The van der Waals surface area contributed by atoms with Gasteiger partial charge in [0, 0.05) is 30.9 Å². The van der Waals surface area contributed by atoms with Crippen LogP contribution in [0.4, 0.5) is 5.69 Å². The average molecular weight is 324 g/mol. The normalized spacial score (nSPS) is 26.6. The maximum absolute atomic E-state index is 12.4. The molecular weight excluding hydrogens is 298 g/mol. The van der Waals surface area contributed by atoms with Crippen molar-refractivity contribution in [3.63, 3.8) is 0 Å². The molecule has 1 aromatic carbocycles. The number of hydrogen-bond acceptors (Lipinski definition) is 3. The number of benzene rings is 1. The first kappa shape index (κ1) is 17.3. The van der Waals surface area contributed by atoms with Crippen molar-refractivity contribution in [3.8, 4) is 0 Å². The number of anilines is 1. The van der Waals surface area contributed by atoms with Crippen molar-refractivity contribution in [2.24, 2.45) is 0 Å². The number of rotatable bonds is 4. The van der Waals surface area contributed by atoms with Gasteiger partial charge in [-0.1, -0.05) is 18.2 Å². The standard InChI is InChI=1S/C17H25N3O.ClH/c1-19(16-10-13-8-9-14(11-16)18-13)12-17(21)20(2)15-6-4-3-5-7-15;/h3-7,13-14,16,18H,8-12H2,1-2H3;1H. The van der Waals surface area contributed by atoms with Crippen LogP contribution in [0.1, 0.15) is 25.7 Å². The van der Waals surface area contributed by atoms with Crippen LogP contribution in [0, 0.1) is 0 Å². The molecule has 5 heteroatoms. The lowest BCUT2D eigenvalue weighted by atomic mass is 9.98. The van der Waals surface area contributed by atoms with Gasteiger partial charge in [-0.05, 0) is 44.9 Å². The van der Waals surface area contributed by atoms with Gasteiger partial charge in [-0.2, -0.15) is 0 Å². The Bertz CT molecular complexity index is 484. The van der Waals surface area contributed by atoms with Crippen molar-refractivity contribution >= 4 is 24.0 Å². The van der Waals surface area contributed by atoms with E-state index in [1.54, 1.807) is 4.90 Å². The summed E-state index contributed by atoms with van der Waals surface area (Å²) in [6.07, 6.45) is 4.95. The second-order valence-corrected chi connectivity index (χ2v) is 6.47. The molecule has 2 unspecified atom stereocenters. The van der Waals surface area contributed by atoms with Crippen molar-refractivity contribution in [1.82, 2.24) is 10.2 Å². The molecule has 0 aromatic heterocycles.